The summed E-state index contributed by atoms with van der Waals surface area (Å²) in [5.74, 6) is 0.0545. The first-order chi connectivity index (χ1) is 11.2. The Labute approximate surface area is 136 Å². The highest BCUT2D eigenvalue weighted by Crippen LogP contribution is 2.18. The molecule has 4 nitrogen and oxygen atoms in total. The van der Waals surface area contributed by atoms with E-state index >= 15 is 0 Å². The maximum Gasteiger partial charge on any atom is 0.253 e. The summed E-state index contributed by atoms with van der Waals surface area (Å²) in [4.78, 5) is 14.4. The molecule has 0 bridgehead atoms. The Bertz CT molecular complexity index is 649. The smallest absolute Gasteiger partial charge is 0.253 e. The van der Waals surface area contributed by atoms with Crippen LogP contribution in [0.5, 0.6) is 0 Å². The van der Waals surface area contributed by atoms with Crippen molar-refractivity contribution >= 4 is 11.6 Å². The van der Waals surface area contributed by atoms with Crippen molar-refractivity contribution in [3.63, 3.8) is 0 Å². The zero-order valence-electron chi connectivity index (χ0n) is 13.2. The van der Waals surface area contributed by atoms with Crippen molar-refractivity contribution in [3.05, 3.63) is 65.7 Å². The lowest BCUT2D eigenvalue weighted by Gasteiger charge is -2.32. The number of anilines is 1. The summed E-state index contributed by atoms with van der Waals surface area (Å²) in [6.45, 7) is 2.09. The molecule has 23 heavy (non-hydrogen) atoms. The van der Waals surface area contributed by atoms with E-state index in [1.807, 2.05) is 35.2 Å². The molecular weight excluding hydrogens is 288 g/mol. The molecule has 3 rings (SSSR count). The number of nitrogens with zero attached hydrogens (tertiary/aromatic N) is 1. The number of nitrogen functional groups attached to an aromatic ring is 1. The highest BCUT2D eigenvalue weighted by Gasteiger charge is 2.24. The SMILES string of the molecule is Nc1cccc(C(=O)N2CCC(OCc3ccccc3)CC2)c1. The number of ether oxygens (including phenoxy) is 1. The molecule has 0 spiro atoms. The lowest BCUT2D eigenvalue weighted by Crippen LogP contribution is -2.40. The van der Waals surface area contributed by atoms with Gasteiger partial charge in [-0.3, -0.25) is 4.79 Å². The summed E-state index contributed by atoms with van der Waals surface area (Å²) in [6.07, 6.45) is 1.97. The van der Waals surface area contributed by atoms with E-state index in [0.29, 0.717) is 17.9 Å². The number of nitrogens with two attached hydrogens (primary N) is 1. The minimum Gasteiger partial charge on any atom is -0.399 e. The number of benzene rings is 2. The van der Waals surface area contributed by atoms with Crippen LogP contribution in [-0.4, -0.2) is 30.0 Å². The fraction of sp³-hybridized carbons (Fsp3) is 0.316. The van der Waals surface area contributed by atoms with Crippen molar-refractivity contribution in [1.82, 2.24) is 4.90 Å². The van der Waals surface area contributed by atoms with E-state index in [9.17, 15) is 4.79 Å². The third-order valence-corrected chi connectivity index (χ3v) is 4.19. The third kappa shape index (κ3) is 4.11. The largest absolute Gasteiger partial charge is 0.399 e. The Morgan fingerprint density at radius 3 is 2.52 bits per heavy atom. The topological polar surface area (TPSA) is 55.6 Å². The van der Waals surface area contributed by atoms with E-state index in [1.54, 1.807) is 12.1 Å². The van der Waals surface area contributed by atoms with Crippen LogP contribution in [0.2, 0.25) is 0 Å². The van der Waals surface area contributed by atoms with Gasteiger partial charge < -0.3 is 15.4 Å². The van der Waals surface area contributed by atoms with Crippen LogP contribution in [0.4, 0.5) is 5.69 Å². The lowest BCUT2D eigenvalue weighted by molar-refractivity contribution is -0.000378. The van der Waals surface area contributed by atoms with Crippen LogP contribution in [0, 0.1) is 0 Å². The average Bonchev–Trinajstić information content (AvgIpc) is 2.61. The van der Waals surface area contributed by atoms with Gasteiger partial charge in [-0.2, -0.15) is 0 Å². The van der Waals surface area contributed by atoms with Crippen molar-refractivity contribution < 1.29 is 9.53 Å². The second-order valence-electron chi connectivity index (χ2n) is 5.91. The molecular formula is C19H22N2O2. The van der Waals surface area contributed by atoms with E-state index < -0.39 is 0 Å². The minimum atomic E-state index is 0.0545. The van der Waals surface area contributed by atoms with Crippen LogP contribution in [0.3, 0.4) is 0 Å². The van der Waals surface area contributed by atoms with Crippen LogP contribution in [0.15, 0.2) is 54.6 Å². The van der Waals surface area contributed by atoms with Crippen molar-refractivity contribution in [2.45, 2.75) is 25.6 Å². The Kier molecular flexibility index (Phi) is 4.93. The normalized spacial score (nSPS) is 15.6. The molecule has 0 atom stereocenters. The maximum absolute atomic E-state index is 12.5. The van der Waals surface area contributed by atoms with Gasteiger partial charge in [0.05, 0.1) is 12.7 Å². The molecule has 0 saturated carbocycles. The first kappa shape index (κ1) is 15.6. The van der Waals surface area contributed by atoms with Crippen molar-refractivity contribution in [2.24, 2.45) is 0 Å². The third-order valence-electron chi connectivity index (χ3n) is 4.19. The van der Waals surface area contributed by atoms with Gasteiger partial charge in [0.25, 0.3) is 5.91 Å². The van der Waals surface area contributed by atoms with Gasteiger partial charge in [-0.25, -0.2) is 0 Å². The minimum absolute atomic E-state index is 0.0545. The number of carbonyl (C=O) groups is 1. The summed E-state index contributed by atoms with van der Waals surface area (Å²) in [5.41, 5.74) is 8.22. The van der Waals surface area contributed by atoms with Gasteiger partial charge in [-0.1, -0.05) is 36.4 Å². The molecule has 2 N–H and O–H groups in total. The summed E-state index contributed by atoms with van der Waals surface area (Å²) < 4.78 is 5.96. The molecule has 0 unspecified atom stereocenters. The zero-order chi connectivity index (χ0) is 16.1. The average molecular weight is 310 g/mol. The van der Waals surface area contributed by atoms with Crippen LogP contribution in [0.25, 0.3) is 0 Å². The molecule has 1 saturated heterocycles. The predicted octanol–water partition coefficient (Wildman–Crippen LogP) is 3.09. The number of rotatable bonds is 4. The Morgan fingerprint density at radius 1 is 1.09 bits per heavy atom. The highest BCUT2D eigenvalue weighted by atomic mass is 16.5. The number of piperidine rings is 1. The molecule has 0 aromatic heterocycles. The fourth-order valence-electron chi connectivity index (χ4n) is 2.87. The molecule has 4 heteroatoms. The number of carbonyl (C=O) groups excluding carboxylic acids is 1. The van der Waals surface area contributed by atoms with Gasteiger partial charge in [-0.05, 0) is 36.6 Å². The monoisotopic (exact) mass is 310 g/mol. The van der Waals surface area contributed by atoms with Crippen LogP contribution in [-0.2, 0) is 11.3 Å². The summed E-state index contributed by atoms with van der Waals surface area (Å²) in [7, 11) is 0. The maximum atomic E-state index is 12.5. The Hall–Kier alpha value is -2.33. The second kappa shape index (κ2) is 7.29. The molecule has 0 aliphatic carbocycles. The summed E-state index contributed by atoms with van der Waals surface area (Å²) in [5, 5.41) is 0. The molecule has 0 radical (unpaired) electrons. The fourth-order valence-corrected chi connectivity index (χ4v) is 2.87. The zero-order valence-corrected chi connectivity index (χ0v) is 13.2. The van der Waals surface area contributed by atoms with Gasteiger partial charge >= 0.3 is 0 Å². The van der Waals surface area contributed by atoms with E-state index in [4.69, 9.17) is 10.5 Å². The van der Waals surface area contributed by atoms with Crippen LogP contribution < -0.4 is 5.73 Å². The Balaban J connectivity index is 1.49. The number of hydrogen-bond donors (Lipinski definition) is 1. The van der Waals surface area contributed by atoms with Gasteiger partial charge in [-0.15, -0.1) is 0 Å². The second-order valence-corrected chi connectivity index (χ2v) is 5.91. The highest BCUT2D eigenvalue weighted by molar-refractivity contribution is 5.95. The van der Waals surface area contributed by atoms with Gasteiger partial charge in [0.15, 0.2) is 0 Å². The van der Waals surface area contributed by atoms with E-state index in [2.05, 4.69) is 12.1 Å². The van der Waals surface area contributed by atoms with Crippen LogP contribution in [0.1, 0.15) is 28.8 Å². The van der Waals surface area contributed by atoms with E-state index in [1.165, 1.54) is 5.56 Å². The first-order valence-electron chi connectivity index (χ1n) is 8.03. The van der Waals surface area contributed by atoms with E-state index in [0.717, 1.165) is 25.9 Å². The predicted molar refractivity (Wildman–Crippen MR) is 91.0 cm³/mol. The number of amides is 1. The van der Waals surface area contributed by atoms with Gasteiger partial charge in [0.1, 0.15) is 0 Å². The molecule has 1 aliphatic heterocycles. The number of likely N-dealkylation sites (tertiary alicyclic amines) is 1. The van der Waals surface area contributed by atoms with Crippen molar-refractivity contribution in [3.8, 4) is 0 Å². The van der Waals surface area contributed by atoms with Gasteiger partial charge in [0, 0.05) is 24.3 Å². The molecule has 1 fully saturated rings. The summed E-state index contributed by atoms with van der Waals surface area (Å²) in [6, 6.07) is 17.3. The van der Waals surface area contributed by atoms with Crippen molar-refractivity contribution in [2.75, 3.05) is 18.8 Å². The lowest BCUT2D eigenvalue weighted by atomic mass is 10.1. The molecule has 120 valence electrons. The first-order valence-corrected chi connectivity index (χ1v) is 8.03. The number of hydrogen-bond acceptors (Lipinski definition) is 3. The molecule has 2 aromatic carbocycles. The van der Waals surface area contributed by atoms with Crippen LogP contribution >= 0.6 is 0 Å². The molecule has 1 aliphatic rings. The quantitative estimate of drug-likeness (QED) is 0.883. The van der Waals surface area contributed by atoms with Gasteiger partial charge in [0.2, 0.25) is 0 Å². The molecule has 1 amide bonds. The molecule has 2 aromatic rings. The van der Waals surface area contributed by atoms with E-state index in [-0.39, 0.29) is 12.0 Å². The standard InChI is InChI=1S/C19H22N2O2/c20-17-8-4-7-16(13-17)19(22)21-11-9-18(10-12-21)23-14-15-5-2-1-3-6-15/h1-8,13,18H,9-12,14,20H2. The van der Waals surface area contributed by atoms with Crippen molar-refractivity contribution in [1.29, 1.82) is 0 Å². The summed E-state index contributed by atoms with van der Waals surface area (Å²) >= 11 is 0. The Morgan fingerprint density at radius 2 is 1.83 bits per heavy atom. The molecule has 1 heterocycles.